The van der Waals surface area contributed by atoms with Crippen molar-refractivity contribution in [3.05, 3.63) is 48.3 Å². The smallest absolute Gasteiger partial charge is 0.226 e. The lowest BCUT2D eigenvalue weighted by Crippen LogP contribution is -1.96. The van der Waals surface area contributed by atoms with Gasteiger partial charge in [-0.3, -0.25) is 0 Å². The average Bonchev–Trinajstić information content (AvgIpc) is 2.49. The maximum absolute atomic E-state index is 10.1. The van der Waals surface area contributed by atoms with Crippen molar-refractivity contribution in [2.45, 2.75) is 6.92 Å². The Kier molecular flexibility index (Phi) is 3.19. The molecule has 0 atom stereocenters. The molecule has 0 aliphatic carbocycles. The van der Waals surface area contributed by atoms with Crippen molar-refractivity contribution in [3.8, 4) is 34.5 Å². The van der Waals surface area contributed by atoms with Gasteiger partial charge in [0.05, 0.1) is 0 Å². The Morgan fingerprint density at radius 2 is 1.38 bits per heavy atom. The van der Waals surface area contributed by atoms with Crippen molar-refractivity contribution in [2.24, 2.45) is 0 Å². The van der Waals surface area contributed by atoms with E-state index in [1.807, 2.05) is 19.1 Å². The second kappa shape index (κ2) is 5.16. The molecule has 2 heterocycles. The minimum atomic E-state index is -0.311. The van der Waals surface area contributed by atoms with Crippen LogP contribution in [0.15, 0.2) is 42.7 Å². The van der Waals surface area contributed by atoms with E-state index in [-0.39, 0.29) is 29.0 Å². The summed E-state index contributed by atoms with van der Waals surface area (Å²) in [6, 6.07) is 8.98. The molecule has 6 nitrogen and oxygen atoms in total. The minimum absolute atomic E-state index is 0.0708. The molecule has 0 saturated carbocycles. The summed E-state index contributed by atoms with van der Waals surface area (Å²) >= 11 is 0. The zero-order chi connectivity index (χ0) is 14.8. The molecule has 0 aliphatic heterocycles. The fraction of sp³-hybridized carbons (Fsp3) is 0.0667. The van der Waals surface area contributed by atoms with Gasteiger partial charge in [-0.2, -0.15) is 9.97 Å². The topological polar surface area (TPSA) is 92.0 Å². The predicted octanol–water partition coefficient (Wildman–Crippen LogP) is 2.32. The predicted molar refractivity (Wildman–Crippen MR) is 76.6 cm³/mol. The van der Waals surface area contributed by atoms with Gasteiger partial charge < -0.3 is 10.2 Å². The second-order valence-corrected chi connectivity index (χ2v) is 4.51. The standard InChI is InChI=1S/C15H12N4O2/c1-9-3-5-10(6-4-9)11-14(20)18-13(19-15(11)21)12-16-7-2-8-17-12/h2-8H,1H3,(H2,18,19,20,21). The second-order valence-electron chi connectivity index (χ2n) is 4.51. The quantitative estimate of drug-likeness (QED) is 0.748. The van der Waals surface area contributed by atoms with Crippen LogP contribution < -0.4 is 0 Å². The molecule has 21 heavy (non-hydrogen) atoms. The molecule has 0 spiro atoms. The molecule has 1 aromatic carbocycles. The van der Waals surface area contributed by atoms with Crippen molar-refractivity contribution in [1.82, 2.24) is 19.9 Å². The van der Waals surface area contributed by atoms with Crippen LogP contribution in [0.1, 0.15) is 5.56 Å². The summed E-state index contributed by atoms with van der Waals surface area (Å²) in [5.74, 6) is -0.317. The van der Waals surface area contributed by atoms with E-state index in [0.717, 1.165) is 5.56 Å². The third-order valence-electron chi connectivity index (χ3n) is 2.98. The third-order valence-corrected chi connectivity index (χ3v) is 2.98. The van der Waals surface area contributed by atoms with Gasteiger partial charge in [0.1, 0.15) is 5.56 Å². The average molecular weight is 280 g/mol. The number of aromatic hydroxyl groups is 2. The van der Waals surface area contributed by atoms with Crippen LogP contribution in [0.2, 0.25) is 0 Å². The van der Waals surface area contributed by atoms with E-state index < -0.39 is 0 Å². The van der Waals surface area contributed by atoms with Crippen molar-refractivity contribution in [1.29, 1.82) is 0 Å². The van der Waals surface area contributed by atoms with Gasteiger partial charge in [-0.25, -0.2) is 9.97 Å². The van der Waals surface area contributed by atoms with Crippen LogP contribution in [0.3, 0.4) is 0 Å². The van der Waals surface area contributed by atoms with Crippen molar-refractivity contribution >= 4 is 0 Å². The third kappa shape index (κ3) is 2.51. The van der Waals surface area contributed by atoms with E-state index in [1.165, 1.54) is 12.4 Å². The fourth-order valence-electron chi connectivity index (χ4n) is 1.93. The zero-order valence-electron chi connectivity index (χ0n) is 11.2. The maximum Gasteiger partial charge on any atom is 0.226 e. The molecule has 0 aliphatic rings. The molecule has 0 unspecified atom stereocenters. The van der Waals surface area contributed by atoms with Crippen LogP contribution in [-0.2, 0) is 0 Å². The van der Waals surface area contributed by atoms with Crippen LogP contribution in [0.25, 0.3) is 22.8 Å². The van der Waals surface area contributed by atoms with Gasteiger partial charge in [0.15, 0.2) is 5.82 Å². The number of aromatic nitrogens is 4. The SMILES string of the molecule is Cc1ccc(-c2c(O)nc(-c3ncccn3)nc2O)cc1. The molecule has 0 saturated heterocycles. The normalized spacial score (nSPS) is 10.5. The highest BCUT2D eigenvalue weighted by Crippen LogP contribution is 2.35. The molecule has 0 radical (unpaired) electrons. The summed E-state index contributed by atoms with van der Waals surface area (Å²) in [5.41, 5.74) is 1.90. The Morgan fingerprint density at radius 3 is 1.95 bits per heavy atom. The zero-order valence-corrected chi connectivity index (χ0v) is 11.2. The number of aryl methyl sites for hydroxylation is 1. The van der Waals surface area contributed by atoms with E-state index in [9.17, 15) is 10.2 Å². The lowest BCUT2D eigenvalue weighted by Gasteiger charge is -2.08. The van der Waals surface area contributed by atoms with Gasteiger partial charge in [-0.1, -0.05) is 29.8 Å². The first-order valence-corrected chi connectivity index (χ1v) is 6.29. The molecule has 2 aromatic heterocycles. The van der Waals surface area contributed by atoms with E-state index in [0.29, 0.717) is 5.56 Å². The molecule has 2 N–H and O–H groups in total. The number of benzene rings is 1. The van der Waals surface area contributed by atoms with E-state index >= 15 is 0 Å². The molecular formula is C15H12N4O2. The summed E-state index contributed by atoms with van der Waals surface area (Å²) in [5, 5.41) is 20.2. The molecule has 3 rings (SSSR count). The molecule has 6 heteroatoms. The molecule has 3 aromatic rings. The van der Waals surface area contributed by atoms with Crippen LogP contribution >= 0.6 is 0 Å². The summed E-state index contributed by atoms with van der Waals surface area (Å²) < 4.78 is 0. The highest BCUT2D eigenvalue weighted by atomic mass is 16.3. The van der Waals surface area contributed by atoms with Crippen LogP contribution in [0.4, 0.5) is 0 Å². The Bertz CT molecular complexity index is 750. The first kappa shape index (κ1) is 13.0. The lowest BCUT2D eigenvalue weighted by molar-refractivity contribution is 0.426. The first-order chi connectivity index (χ1) is 10.1. The Balaban J connectivity index is 2.11. The minimum Gasteiger partial charge on any atom is -0.493 e. The Morgan fingerprint density at radius 1 is 0.810 bits per heavy atom. The van der Waals surface area contributed by atoms with Crippen molar-refractivity contribution < 1.29 is 10.2 Å². The largest absolute Gasteiger partial charge is 0.493 e. The summed E-state index contributed by atoms with van der Waals surface area (Å²) in [4.78, 5) is 15.9. The van der Waals surface area contributed by atoms with Gasteiger partial charge in [0.2, 0.25) is 17.6 Å². The number of hydrogen-bond donors (Lipinski definition) is 2. The Hall–Kier alpha value is -3.02. The van der Waals surface area contributed by atoms with Gasteiger partial charge in [-0.15, -0.1) is 0 Å². The number of hydrogen-bond acceptors (Lipinski definition) is 6. The molecular weight excluding hydrogens is 268 g/mol. The van der Waals surface area contributed by atoms with E-state index in [2.05, 4.69) is 19.9 Å². The highest BCUT2D eigenvalue weighted by molar-refractivity contribution is 5.74. The van der Waals surface area contributed by atoms with Crippen molar-refractivity contribution in [2.75, 3.05) is 0 Å². The molecule has 0 amide bonds. The van der Waals surface area contributed by atoms with Crippen molar-refractivity contribution in [3.63, 3.8) is 0 Å². The van der Waals surface area contributed by atoms with Gasteiger partial charge >= 0.3 is 0 Å². The maximum atomic E-state index is 10.1. The Labute approximate surface area is 120 Å². The first-order valence-electron chi connectivity index (χ1n) is 6.29. The van der Waals surface area contributed by atoms with Crippen LogP contribution in [0, 0.1) is 6.92 Å². The monoisotopic (exact) mass is 280 g/mol. The van der Waals surface area contributed by atoms with Crippen LogP contribution in [-0.4, -0.2) is 30.1 Å². The van der Waals surface area contributed by atoms with E-state index in [1.54, 1.807) is 18.2 Å². The summed E-state index contributed by atoms with van der Waals surface area (Å²) in [6.45, 7) is 1.95. The van der Waals surface area contributed by atoms with Crippen LogP contribution in [0.5, 0.6) is 11.8 Å². The highest BCUT2D eigenvalue weighted by Gasteiger charge is 2.17. The molecule has 0 bridgehead atoms. The summed E-state index contributed by atoms with van der Waals surface area (Å²) in [6.07, 6.45) is 3.07. The number of rotatable bonds is 2. The molecule has 104 valence electrons. The summed E-state index contributed by atoms with van der Waals surface area (Å²) in [7, 11) is 0. The molecule has 0 fully saturated rings. The van der Waals surface area contributed by atoms with Gasteiger partial charge in [0, 0.05) is 12.4 Å². The van der Waals surface area contributed by atoms with E-state index in [4.69, 9.17) is 0 Å². The fourth-order valence-corrected chi connectivity index (χ4v) is 1.93. The van der Waals surface area contributed by atoms with Gasteiger partial charge in [-0.05, 0) is 18.6 Å². The van der Waals surface area contributed by atoms with Gasteiger partial charge in [0.25, 0.3) is 0 Å². The number of nitrogens with zero attached hydrogens (tertiary/aromatic N) is 4. The lowest BCUT2D eigenvalue weighted by atomic mass is 10.1.